The van der Waals surface area contributed by atoms with E-state index in [0.29, 0.717) is 16.3 Å². The van der Waals surface area contributed by atoms with Gasteiger partial charge in [0, 0.05) is 17.0 Å². The zero-order valence-electron chi connectivity index (χ0n) is 21.1. The van der Waals surface area contributed by atoms with Crippen molar-refractivity contribution in [2.45, 2.75) is 63.3 Å². The van der Waals surface area contributed by atoms with Crippen LogP contribution in [-0.4, -0.2) is 31.6 Å². The first kappa shape index (κ1) is 27.1. The van der Waals surface area contributed by atoms with Crippen LogP contribution in [0.4, 0.5) is 10.1 Å². The lowest BCUT2D eigenvalue weighted by atomic mass is 9.66. The summed E-state index contributed by atoms with van der Waals surface area (Å²) in [5, 5.41) is 10.8. The van der Waals surface area contributed by atoms with Crippen LogP contribution in [0.3, 0.4) is 0 Å². The number of carbonyl (C=O) groups is 1. The van der Waals surface area contributed by atoms with Crippen LogP contribution in [0.1, 0.15) is 74.2 Å². The number of aromatic nitrogens is 1. The number of aromatic carboxylic acids is 1. The molecular formula is C27H31FN2O5S2. The van der Waals surface area contributed by atoms with Crippen molar-refractivity contribution in [2.24, 2.45) is 5.41 Å². The fourth-order valence-electron chi connectivity index (χ4n) is 5.10. The first-order valence-corrected chi connectivity index (χ1v) is 14.7. The molecule has 0 unspecified atom stereocenters. The van der Waals surface area contributed by atoms with Gasteiger partial charge >= 0.3 is 5.97 Å². The molecule has 1 heterocycles. The molecule has 1 aliphatic carbocycles. The molecule has 1 aliphatic rings. The number of nitrogens with one attached hydrogen (secondary N) is 1. The van der Waals surface area contributed by atoms with Crippen molar-refractivity contribution < 1.29 is 27.4 Å². The zero-order chi connectivity index (χ0) is 26.8. The Morgan fingerprint density at radius 1 is 1.19 bits per heavy atom. The van der Waals surface area contributed by atoms with E-state index in [4.69, 9.17) is 9.84 Å². The molecule has 1 fully saturated rings. The van der Waals surface area contributed by atoms with Crippen LogP contribution in [0.15, 0.2) is 46.8 Å². The molecule has 3 aromatic rings. The first-order valence-electron chi connectivity index (χ1n) is 12.3. The van der Waals surface area contributed by atoms with Crippen LogP contribution in [0, 0.1) is 11.2 Å². The highest BCUT2D eigenvalue weighted by molar-refractivity contribution is 7.92. The third-order valence-corrected chi connectivity index (χ3v) is 9.99. The number of carboxylic acid groups (broad SMARTS) is 1. The van der Waals surface area contributed by atoms with E-state index in [9.17, 15) is 17.6 Å². The number of nitrogens with zero attached hydrogens (tertiary/aromatic N) is 1. The van der Waals surface area contributed by atoms with Gasteiger partial charge in [-0.05, 0) is 48.6 Å². The largest absolute Gasteiger partial charge is 0.495 e. The van der Waals surface area contributed by atoms with Crippen molar-refractivity contribution in [1.82, 2.24) is 4.98 Å². The van der Waals surface area contributed by atoms with Crippen molar-refractivity contribution in [3.05, 3.63) is 58.7 Å². The molecule has 0 spiro atoms. The van der Waals surface area contributed by atoms with Crippen molar-refractivity contribution in [1.29, 1.82) is 0 Å². The second-order valence-electron chi connectivity index (χ2n) is 9.54. The summed E-state index contributed by atoms with van der Waals surface area (Å²) < 4.78 is 47.4. The Hall–Kier alpha value is -2.98. The Morgan fingerprint density at radius 3 is 2.41 bits per heavy atom. The Balaban J connectivity index is 1.49. The summed E-state index contributed by atoms with van der Waals surface area (Å²) in [5.74, 6) is -2.15. The number of benzene rings is 2. The van der Waals surface area contributed by atoms with Gasteiger partial charge in [0.15, 0.2) is 5.03 Å². The van der Waals surface area contributed by atoms with Gasteiger partial charge < -0.3 is 9.84 Å². The number of methoxy groups -OCH3 is 1. The number of carboxylic acids is 1. The molecule has 10 heteroatoms. The minimum atomic E-state index is -4.17. The quantitative estimate of drug-likeness (QED) is 0.302. The maximum atomic E-state index is 14.2. The summed E-state index contributed by atoms with van der Waals surface area (Å²) in [7, 11) is -2.93. The van der Waals surface area contributed by atoms with Gasteiger partial charge in [0.1, 0.15) is 16.6 Å². The van der Waals surface area contributed by atoms with Gasteiger partial charge in [0.25, 0.3) is 10.0 Å². The van der Waals surface area contributed by atoms with Crippen LogP contribution in [-0.2, 0) is 10.0 Å². The summed E-state index contributed by atoms with van der Waals surface area (Å²) in [6, 6.07) is 9.88. The Morgan fingerprint density at radius 2 is 1.84 bits per heavy atom. The average Bonchev–Trinajstić information content (AvgIpc) is 3.40. The second-order valence-corrected chi connectivity index (χ2v) is 12.0. The predicted octanol–water partition coefficient (Wildman–Crippen LogP) is 6.92. The van der Waals surface area contributed by atoms with E-state index in [2.05, 4.69) is 35.7 Å². The van der Waals surface area contributed by atoms with Crippen molar-refractivity contribution in [3.63, 3.8) is 0 Å². The molecule has 7 nitrogen and oxygen atoms in total. The van der Waals surface area contributed by atoms with E-state index in [0.717, 1.165) is 17.7 Å². The van der Waals surface area contributed by atoms with Gasteiger partial charge in [0.2, 0.25) is 0 Å². The van der Waals surface area contributed by atoms with Crippen LogP contribution < -0.4 is 9.46 Å². The highest BCUT2D eigenvalue weighted by atomic mass is 32.2. The van der Waals surface area contributed by atoms with Crippen molar-refractivity contribution >= 4 is 33.0 Å². The normalized spacial score (nSPS) is 15.9. The van der Waals surface area contributed by atoms with Gasteiger partial charge in [-0.3, -0.25) is 4.72 Å². The number of hydrogen-bond acceptors (Lipinski definition) is 6. The lowest BCUT2D eigenvalue weighted by molar-refractivity contribution is 0.0691. The van der Waals surface area contributed by atoms with Crippen molar-refractivity contribution in [2.75, 3.05) is 11.8 Å². The molecule has 0 radical (unpaired) electrons. The molecule has 0 amide bonds. The maximum absolute atomic E-state index is 14.2. The molecule has 37 heavy (non-hydrogen) atoms. The maximum Gasteiger partial charge on any atom is 0.338 e. The van der Waals surface area contributed by atoms with Gasteiger partial charge in [-0.1, -0.05) is 51.0 Å². The molecule has 2 N–H and O–H groups in total. The topological polar surface area (TPSA) is 106 Å². The van der Waals surface area contributed by atoms with Gasteiger partial charge in [-0.25, -0.2) is 14.2 Å². The Kier molecular flexibility index (Phi) is 7.89. The van der Waals surface area contributed by atoms with Crippen molar-refractivity contribution in [3.8, 4) is 16.3 Å². The summed E-state index contributed by atoms with van der Waals surface area (Å²) in [6.07, 6.45) is 7.33. The number of sulfonamides is 1. The fourth-order valence-corrected chi connectivity index (χ4v) is 7.26. The summed E-state index contributed by atoms with van der Waals surface area (Å²) in [5.41, 5.74) is 1.77. The van der Waals surface area contributed by atoms with E-state index in [1.807, 2.05) is 12.1 Å². The van der Waals surface area contributed by atoms with Crippen LogP contribution in [0.25, 0.3) is 10.6 Å². The SMILES string of the molecule is CCC1(CC)CCC(c2ccc(-c3nc(S(=O)(=O)Nc4cc(F)c(C(=O)O)cc4OC)cs3)cc2)CC1. The molecule has 198 valence electrons. The number of halogens is 1. The van der Waals surface area contributed by atoms with E-state index in [-0.39, 0.29) is 16.5 Å². The monoisotopic (exact) mass is 546 g/mol. The molecule has 2 aromatic carbocycles. The molecule has 0 atom stereocenters. The number of hydrogen-bond donors (Lipinski definition) is 2. The molecule has 4 rings (SSSR count). The smallest absolute Gasteiger partial charge is 0.338 e. The number of ether oxygens (including phenoxy) is 1. The molecule has 1 saturated carbocycles. The van der Waals surface area contributed by atoms with E-state index in [1.165, 1.54) is 67.9 Å². The highest BCUT2D eigenvalue weighted by Crippen LogP contribution is 2.47. The second kappa shape index (κ2) is 10.8. The highest BCUT2D eigenvalue weighted by Gasteiger charge is 2.32. The summed E-state index contributed by atoms with van der Waals surface area (Å²) in [4.78, 5) is 15.5. The van der Waals surface area contributed by atoms with Gasteiger partial charge in [-0.2, -0.15) is 8.42 Å². The Bertz CT molecular complexity index is 1370. The summed E-state index contributed by atoms with van der Waals surface area (Å²) >= 11 is 1.19. The van der Waals surface area contributed by atoms with Crippen LogP contribution >= 0.6 is 11.3 Å². The third-order valence-electron chi connectivity index (χ3n) is 7.70. The molecule has 0 saturated heterocycles. The fraction of sp³-hybridized carbons (Fsp3) is 0.407. The molecule has 0 aliphatic heterocycles. The van der Waals surface area contributed by atoms with Gasteiger partial charge in [-0.15, -0.1) is 11.3 Å². The number of thiazole rings is 1. The lowest BCUT2D eigenvalue weighted by Crippen LogP contribution is -2.25. The standard InChI is InChI=1S/C27H31FN2O5S2/c1-4-27(5-2)12-10-18(11-13-27)17-6-8-19(9-7-17)25-29-24(16-36-25)37(33,34)30-22-15-21(28)20(26(31)32)14-23(22)35-3/h6-9,14-16,18,30H,4-5,10-13H2,1-3H3,(H,31,32). The van der Waals surface area contributed by atoms with Gasteiger partial charge in [0.05, 0.1) is 18.4 Å². The molecule has 0 bridgehead atoms. The van der Waals surface area contributed by atoms with E-state index < -0.39 is 27.4 Å². The molecule has 1 aromatic heterocycles. The van der Waals surface area contributed by atoms with Crippen LogP contribution in [0.2, 0.25) is 0 Å². The number of rotatable bonds is 9. The minimum Gasteiger partial charge on any atom is -0.495 e. The Labute approximate surface area is 220 Å². The van der Waals surface area contributed by atoms with Crippen LogP contribution in [0.5, 0.6) is 5.75 Å². The average molecular weight is 547 g/mol. The first-order chi connectivity index (χ1) is 17.6. The lowest BCUT2D eigenvalue weighted by Gasteiger charge is -2.39. The van der Waals surface area contributed by atoms with E-state index in [1.54, 1.807) is 0 Å². The summed E-state index contributed by atoms with van der Waals surface area (Å²) in [6.45, 7) is 4.58. The predicted molar refractivity (Wildman–Crippen MR) is 142 cm³/mol. The zero-order valence-corrected chi connectivity index (χ0v) is 22.7. The number of anilines is 1. The molecular weight excluding hydrogens is 515 g/mol. The van der Waals surface area contributed by atoms with E-state index >= 15 is 0 Å². The third kappa shape index (κ3) is 5.65. The minimum absolute atomic E-state index is 0.119.